The van der Waals surface area contributed by atoms with Gasteiger partial charge >= 0.3 is 0 Å². The van der Waals surface area contributed by atoms with E-state index in [0.29, 0.717) is 0 Å². The molecule has 0 spiro atoms. The molecule has 0 atom stereocenters. The summed E-state index contributed by atoms with van der Waals surface area (Å²) in [6, 6.07) is 51.2. The van der Waals surface area contributed by atoms with Gasteiger partial charge in [-0.2, -0.15) is 0 Å². The van der Waals surface area contributed by atoms with Gasteiger partial charge in [0.2, 0.25) is 0 Å². The van der Waals surface area contributed by atoms with Crippen LogP contribution in [-0.4, -0.2) is 9.97 Å². The van der Waals surface area contributed by atoms with Crippen molar-refractivity contribution in [1.82, 2.24) is 9.97 Å². The van der Waals surface area contributed by atoms with Crippen LogP contribution in [0.2, 0.25) is 0 Å². The Kier molecular flexibility index (Phi) is 5.85. The van der Waals surface area contributed by atoms with Crippen molar-refractivity contribution < 1.29 is 4.42 Å². The topological polar surface area (TPSA) is 38.9 Å². The number of hydrogen-bond donors (Lipinski definition) is 0. The van der Waals surface area contributed by atoms with Crippen LogP contribution in [0.5, 0.6) is 0 Å². The second-order valence-electron chi connectivity index (χ2n) is 12.6. The summed E-state index contributed by atoms with van der Waals surface area (Å²) in [7, 11) is 0. The van der Waals surface area contributed by atoms with Crippen LogP contribution in [0.25, 0.3) is 78.1 Å². The average Bonchev–Trinajstić information content (AvgIpc) is 3.59. The molecule has 0 aliphatic heterocycles. The van der Waals surface area contributed by atoms with Crippen LogP contribution in [0, 0.1) is 0 Å². The molecule has 1 aliphatic carbocycles. The zero-order valence-electron chi connectivity index (χ0n) is 25.7. The molecule has 0 unspecified atom stereocenters. The molecule has 0 fully saturated rings. The van der Waals surface area contributed by atoms with Crippen molar-refractivity contribution in [2.45, 2.75) is 19.3 Å². The van der Waals surface area contributed by atoms with Crippen LogP contribution in [0.4, 0.5) is 0 Å². The lowest BCUT2D eigenvalue weighted by molar-refractivity contribution is 0.647. The number of nitrogens with zero attached hydrogens (tertiary/aromatic N) is 2. The highest BCUT2D eigenvalue weighted by molar-refractivity contribution is 6.07. The van der Waals surface area contributed by atoms with E-state index in [9.17, 15) is 0 Å². The van der Waals surface area contributed by atoms with Gasteiger partial charge in [0.05, 0.1) is 11.4 Å². The maximum Gasteiger partial charge on any atom is 0.160 e. The van der Waals surface area contributed by atoms with Crippen LogP contribution < -0.4 is 0 Å². The predicted molar refractivity (Wildman–Crippen MR) is 189 cm³/mol. The first-order chi connectivity index (χ1) is 22.5. The standard InChI is InChI=1S/C43H30N2O/c1-43(2)36-22-21-31(23-33(36)34-24-35-32-15-9-10-16-40(32)46-41(35)25-37(34)43)27-17-19-29(20-18-27)39-26-38(28-11-5-3-6-12-28)44-42(45-39)30-13-7-4-8-14-30/h3-26H,1-2H3. The number of hydrogen-bond acceptors (Lipinski definition) is 3. The Balaban J connectivity index is 1.12. The number of aromatic nitrogens is 2. The molecule has 1 aliphatic rings. The summed E-state index contributed by atoms with van der Waals surface area (Å²) in [6.07, 6.45) is 0. The summed E-state index contributed by atoms with van der Waals surface area (Å²) in [5.41, 5.74) is 14.3. The summed E-state index contributed by atoms with van der Waals surface area (Å²) in [5.74, 6) is 0.723. The number of fused-ring (bicyclic) bond motifs is 6. The third-order valence-electron chi connectivity index (χ3n) is 9.51. The molecule has 218 valence electrons. The van der Waals surface area contributed by atoms with Gasteiger partial charge in [-0.3, -0.25) is 0 Å². The number of rotatable bonds is 4. The third-order valence-corrected chi connectivity index (χ3v) is 9.51. The highest BCUT2D eigenvalue weighted by atomic mass is 16.3. The molecule has 3 nitrogen and oxygen atoms in total. The zero-order valence-corrected chi connectivity index (χ0v) is 25.7. The first-order valence-electron chi connectivity index (χ1n) is 15.7. The van der Waals surface area contributed by atoms with E-state index in [1.807, 2.05) is 48.5 Å². The Labute approximate surface area is 267 Å². The predicted octanol–water partition coefficient (Wildman–Crippen LogP) is 11.4. The fourth-order valence-corrected chi connectivity index (χ4v) is 7.05. The summed E-state index contributed by atoms with van der Waals surface area (Å²) >= 11 is 0. The normalized spacial score (nSPS) is 13.2. The van der Waals surface area contributed by atoms with Crippen LogP contribution in [0.1, 0.15) is 25.0 Å². The molecule has 0 radical (unpaired) electrons. The minimum Gasteiger partial charge on any atom is -0.456 e. The van der Waals surface area contributed by atoms with Crippen molar-refractivity contribution in [3.05, 3.63) is 157 Å². The van der Waals surface area contributed by atoms with E-state index in [4.69, 9.17) is 14.4 Å². The summed E-state index contributed by atoms with van der Waals surface area (Å²) < 4.78 is 6.27. The molecular weight excluding hydrogens is 560 g/mol. The summed E-state index contributed by atoms with van der Waals surface area (Å²) in [5, 5.41) is 2.33. The molecule has 2 aromatic heterocycles. The van der Waals surface area contributed by atoms with E-state index in [1.165, 1.54) is 38.8 Å². The van der Waals surface area contributed by atoms with Gasteiger partial charge < -0.3 is 4.42 Å². The fraction of sp³-hybridized carbons (Fsp3) is 0.0698. The minimum atomic E-state index is -0.111. The quantitative estimate of drug-likeness (QED) is 0.205. The molecule has 6 aromatic carbocycles. The largest absolute Gasteiger partial charge is 0.456 e. The first kappa shape index (κ1) is 26.6. The van der Waals surface area contributed by atoms with Gasteiger partial charge in [-0.25, -0.2) is 9.97 Å². The lowest BCUT2D eigenvalue weighted by atomic mass is 9.82. The molecule has 0 N–H and O–H groups in total. The van der Waals surface area contributed by atoms with Gasteiger partial charge in [0.1, 0.15) is 11.2 Å². The van der Waals surface area contributed by atoms with Gasteiger partial charge in [0.25, 0.3) is 0 Å². The second kappa shape index (κ2) is 10.1. The van der Waals surface area contributed by atoms with E-state index in [2.05, 4.69) is 111 Å². The van der Waals surface area contributed by atoms with Gasteiger partial charge in [0.15, 0.2) is 5.82 Å². The van der Waals surface area contributed by atoms with Gasteiger partial charge in [0, 0.05) is 32.9 Å². The third kappa shape index (κ3) is 4.20. The van der Waals surface area contributed by atoms with Crippen LogP contribution in [-0.2, 0) is 5.41 Å². The number of para-hydroxylation sites is 1. The Bertz CT molecular complexity index is 2360. The van der Waals surface area contributed by atoms with Gasteiger partial charge in [-0.05, 0) is 63.7 Å². The van der Waals surface area contributed by atoms with E-state index in [0.717, 1.165) is 50.5 Å². The Morgan fingerprint density at radius 1 is 0.435 bits per heavy atom. The summed E-state index contributed by atoms with van der Waals surface area (Å²) in [4.78, 5) is 9.96. The molecule has 0 bridgehead atoms. The van der Waals surface area contributed by atoms with Crippen LogP contribution in [0.15, 0.2) is 150 Å². The molecule has 46 heavy (non-hydrogen) atoms. The van der Waals surface area contributed by atoms with E-state index >= 15 is 0 Å². The van der Waals surface area contributed by atoms with Crippen LogP contribution in [0.3, 0.4) is 0 Å². The molecule has 0 saturated heterocycles. The highest BCUT2D eigenvalue weighted by Gasteiger charge is 2.36. The smallest absolute Gasteiger partial charge is 0.160 e. The minimum absolute atomic E-state index is 0.111. The second-order valence-corrected chi connectivity index (χ2v) is 12.6. The average molecular weight is 591 g/mol. The van der Waals surface area contributed by atoms with Gasteiger partial charge in [-0.15, -0.1) is 0 Å². The molecule has 3 heteroatoms. The Hall–Kier alpha value is -5.80. The summed E-state index contributed by atoms with van der Waals surface area (Å²) in [6.45, 7) is 4.63. The maximum absolute atomic E-state index is 6.27. The van der Waals surface area contributed by atoms with Crippen LogP contribution >= 0.6 is 0 Å². The van der Waals surface area contributed by atoms with Crippen molar-refractivity contribution in [3.8, 4) is 56.2 Å². The van der Waals surface area contributed by atoms with Crippen molar-refractivity contribution in [3.63, 3.8) is 0 Å². The van der Waals surface area contributed by atoms with Crippen molar-refractivity contribution in [2.75, 3.05) is 0 Å². The molecular formula is C43H30N2O. The highest BCUT2D eigenvalue weighted by Crippen LogP contribution is 2.51. The first-order valence-corrected chi connectivity index (χ1v) is 15.7. The molecule has 0 amide bonds. The van der Waals surface area contributed by atoms with Crippen molar-refractivity contribution in [1.29, 1.82) is 0 Å². The molecule has 8 aromatic rings. The number of benzene rings is 6. The van der Waals surface area contributed by atoms with Crippen molar-refractivity contribution in [2.24, 2.45) is 0 Å². The van der Waals surface area contributed by atoms with E-state index < -0.39 is 0 Å². The maximum atomic E-state index is 6.27. The van der Waals surface area contributed by atoms with E-state index in [-0.39, 0.29) is 5.41 Å². The van der Waals surface area contributed by atoms with Crippen molar-refractivity contribution >= 4 is 21.9 Å². The molecule has 9 rings (SSSR count). The monoisotopic (exact) mass is 590 g/mol. The molecule has 2 heterocycles. The zero-order chi connectivity index (χ0) is 30.8. The SMILES string of the molecule is CC1(C)c2ccc(-c3ccc(-c4cc(-c5ccccc5)nc(-c5ccccc5)n4)cc3)cc2-c2cc3c(cc21)oc1ccccc13. The lowest BCUT2D eigenvalue weighted by Gasteiger charge is -2.21. The van der Waals surface area contributed by atoms with Gasteiger partial charge in [-0.1, -0.05) is 129 Å². The van der Waals surface area contributed by atoms with E-state index in [1.54, 1.807) is 0 Å². The Morgan fingerprint density at radius 2 is 1.02 bits per heavy atom. The molecule has 0 saturated carbocycles. The Morgan fingerprint density at radius 3 is 1.76 bits per heavy atom. The number of furan rings is 1. The fourth-order valence-electron chi connectivity index (χ4n) is 7.05. The lowest BCUT2D eigenvalue weighted by Crippen LogP contribution is -2.14.